The summed E-state index contributed by atoms with van der Waals surface area (Å²) in [5, 5.41) is 0. The maximum absolute atomic E-state index is 4.22. The van der Waals surface area contributed by atoms with Crippen molar-refractivity contribution in [2.24, 2.45) is 4.99 Å². The largest absolute Gasteiger partial charge is 0.366 e. The molecule has 0 atom stereocenters. The summed E-state index contributed by atoms with van der Waals surface area (Å²) in [6.45, 7) is 7.22. The van der Waals surface area contributed by atoms with E-state index in [1.54, 1.807) is 0 Å². The summed E-state index contributed by atoms with van der Waals surface area (Å²) in [4.78, 5) is 6.31. The highest BCUT2D eigenvalue weighted by Gasteiger charge is 1.86. The number of allylic oxidation sites excluding steroid dienone is 2. The van der Waals surface area contributed by atoms with Crippen LogP contribution in [0.5, 0.6) is 0 Å². The Labute approximate surface area is 69.6 Å². The second-order valence-electron chi connectivity index (χ2n) is 2.66. The van der Waals surface area contributed by atoms with E-state index in [0.29, 0.717) is 0 Å². The molecule has 0 rings (SSSR count). The predicted molar refractivity (Wildman–Crippen MR) is 50.8 cm³/mol. The predicted octanol–water partition coefficient (Wildman–Crippen LogP) is 2.28. The van der Waals surface area contributed by atoms with Crippen molar-refractivity contribution >= 4 is 6.34 Å². The zero-order valence-corrected chi connectivity index (χ0v) is 7.96. The van der Waals surface area contributed by atoms with Crippen molar-refractivity contribution in [3.8, 4) is 0 Å². The first-order chi connectivity index (χ1) is 5.20. The lowest BCUT2D eigenvalue weighted by Gasteiger charge is -2.10. The van der Waals surface area contributed by atoms with E-state index in [2.05, 4.69) is 16.8 Å². The Morgan fingerprint density at radius 3 is 2.64 bits per heavy atom. The fourth-order valence-electron chi connectivity index (χ4n) is 0.675. The minimum Gasteiger partial charge on any atom is -0.366 e. The van der Waals surface area contributed by atoms with Gasteiger partial charge in [-0.3, -0.25) is 0 Å². The van der Waals surface area contributed by atoms with Gasteiger partial charge in [0.15, 0.2) is 0 Å². The summed E-state index contributed by atoms with van der Waals surface area (Å²) in [5.41, 5.74) is 1.06. The van der Waals surface area contributed by atoms with Gasteiger partial charge in [0.05, 0.1) is 6.34 Å². The molecular weight excluding hydrogens is 136 g/mol. The van der Waals surface area contributed by atoms with Crippen LogP contribution in [0.25, 0.3) is 0 Å². The SMILES string of the molecule is C/C=C(/C)N=CN(C)CCC. The van der Waals surface area contributed by atoms with Crippen molar-refractivity contribution < 1.29 is 0 Å². The molecule has 0 saturated carbocycles. The highest BCUT2D eigenvalue weighted by molar-refractivity contribution is 5.56. The third-order valence-electron chi connectivity index (χ3n) is 1.45. The smallest absolute Gasteiger partial charge is 0.0905 e. The number of aliphatic imine (C=N–C) groups is 1. The van der Waals surface area contributed by atoms with Crippen molar-refractivity contribution in [1.29, 1.82) is 0 Å². The molecule has 0 aromatic heterocycles. The molecule has 0 fully saturated rings. The Kier molecular flexibility index (Phi) is 5.53. The van der Waals surface area contributed by atoms with Crippen LogP contribution in [0, 0.1) is 0 Å². The van der Waals surface area contributed by atoms with Crippen LogP contribution in [0.1, 0.15) is 27.2 Å². The summed E-state index contributed by atoms with van der Waals surface area (Å²) < 4.78 is 0. The van der Waals surface area contributed by atoms with E-state index >= 15 is 0 Å². The maximum atomic E-state index is 4.22. The van der Waals surface area contributed by atoms with Crippen molar-refractivity contribution in [2.45, 2.75) is 27.2 Å². The molecule has 0 amide bonds. The average Bonchev–Trinajstić information content (AvgIpc) is 2.01. The molecule has 0 bridgehead atoms. The van der Waals surface area contributed by atoms with Gasteiger partial charge in [-0.2, -0.15) is 0 Å². The fraction of sp³-hybridized carbons (Fsp3) is 0.667. The number of rotatable bonds is 4. The van der Waals surface area contributed by atoms with Crippen molar-refractivity contribution in [2.75, 3.05) is 13.6 Å². The lowest BCUT2D eigenvalue weighted by molar-refractivity contribution is 0.514. The monoisotopic (exact) mass is 154 g/mol. The Balaban J connectivity index is 3.72. The van der Waals surface area contributed by atoms with Gasteiger partial charge in [-0.1, -0.05) is 13.0 Å². The molecule has 0 unspecified atom stereocenters. The van der Waals surface area contributed by atoms with Crippen LogP contribution in [-0.2, 0) is 0 Å². The first-order valence-electron chi connectivity index (χ1n) is 4.08. The first kappa shape index (κ1) is 10.2. The zero-order chi connectivity index (χ0) is 8.69. The zero-order valence-electron chi connectivity index (χ0n) is 7.96. The lowest BCUT2D eigenvalue weighted by atomic mass is 10.4. The quantitative estimate of drug-likeness (QED) is 0.448. The summed E-state index contributed by atoms with van der Waals surface area (Å²) >= 11 is 0. The molecule has 64 valence electrons. The molecule has 0 saturated heterocycles. The van der Waals surface area contributed by atoms with Crippen molar-refractivity contribution in [3.05, 3.63) is 11.8 Å². The number of hydrogen-bond donors (Lipinski definition) is 0. The molecular formula is C9H18N2. The van der Waals surface area contributed by atoms with Gasteiger partial charge in [0.25, 0.3) is 0 Å². The minimum atomic E-state index is 1.06. The molecule has 2 heteroatoms. The molecule has 0 aliphatic heterocycles. The van der Waals surface area contributed by atoms with E-state index in [0.717, 1.165) is 18.7 Å². The summed E-state index contributed by atoms with van der Waals surface area (Å²) in [6.07, 6.45) is 5.03. The molecule has 0 spiro atoms. The number of nitrogens with zero attached hydrogens (tertiary/aromatic N) is 2. The van der Waals surface area contributed by atoms with Gasteiger partial charge in [-0.05, 0) is 20.3 Å². The third-order valence-corrected chi connectivity index (χ3v) is 1.45. The van der Waals surface area contributed by atoms with Crippen LogP contribution in [0.2, 0.25) is 0 Å². The average molecular weight is 154 g/mol. The van der Waals surface area contributed by atoms with E-state index in [4.69, 9.17) is 0 Å². The van der Waals surface area contributed by atoms with Crippen LogP contribution in [0.15, 0.2) is 16.8 Å². The van der Waals surface area contributed by atoms with Crippen LogP contribution >= 0.6 is 0 Å². The summed E-state index contributed by atoms with van der Waals surface area (Å²) in [6, 6.07) is 0. The Bertz CT molecular complexity index is 148. The molecule has 2 nitrogen and oxygen atoms in total. The topological polar surface area (TPSA) is 15.6 Å². The van der Waals surface area contributed by atoms with E-state index in [1.807, 2.05) is 33.3 Å². The van der Waals surface area contributed by atoms with Crippen LogP contribution in [0.4, 0.5) is 0 Å². The molecule has 0 N–H and O–H groups in total. The van der Waals surface area contributed by atoms with E-state index in [-0.39, 0.29) is 0 Å². The highest BCUT2D eigenvalue weighted by atomic mass is 15.1. The fourth-order valence-corrected chi connectivity index (χ4v) is 0.675. The molecule has 0 radical (unpaired) electrons. The van der Waals surface area contributed by atoms with Crippen LogP contribution in [0.3, 0.4) is 0 Å². The van der Waals surface area contributed by atoms with Gasteiger partial charge in [0, 0.05) is 19.3 Å². The van der Waals surface area contributed by atoms with E-state index < -0.39 is 0 Å². The van der Waals surface area contributed by atoms with Crippen LogP contribution in [-0.4, -0.2) is 24.8 Å². The minimum absolute atomic E-state index is 1.06. The molecule has 0 aliphatic rings. The van der Waals surface area contributed by atoms with Gasteiger partial charge < -0.3 is 4.90 Å². The first-order valence-corrected chi connectivity index (χ1v) is 4.08. The third kappa shape index (κ3) is 5.64. The highest BCUT2D eigenvalue weighted by Crippen LogP contribution is 1.92. The van der Waals surface area contributed by atoms with Gasteiger partial charge in [-0.15, -0.1) is 0 Å². The van der Waals surface area contributed by atoms with E-state index in [1.165, 1.54) is 0 Å². The number of hydrogen-bond acceptors (Lipinski definition) is 1. The molecule has 0 aromatic rings. The Hall–Kier alpha value is -0.790. The molecule has 0 heterocycles. The second kappa shape index (κ2) is 5.96. The second-order valence-corrected chi connectivity index (χ2v) is 2.66. The van der Waals surface area contributed by atoms with Gasteiger partial charge in [0.1, 0.15) is 0 Å². The van der Waals surface area contributed by atoms with Crippen LogP contribution < -0.4 is 0 Å². The standard InChI is InChI=1S/C9H18N2/c1-5-7-11(4)8-10-9(3)6-2/h6,8H,5,7H2,1-4H3/b9-6-,10-8?. The van der Waals surface area contributed by atoms with E-state index in [9.17, 15) is 0 Å². The van der Waals surface area contributed by atoms with Crippen molar-refractivity contribution in [1.82, 2.24) is 4.90 Å². The Morgan fingerprint density at radius 1 is 1.55 bits per heavy atom. The molecule has 0 aliphatic carbocycles. The molecule has 0 aromatic carbocycles. The lowest BCUT2D eigenvalue weighted by Crippen LogP contribution is -2.16. The van der Waals surface area contributed by atoms with Gasteiger partial charge in [-0.25, -0.2) is 4.99 Å². The van der Waals surface area contributed by atoms with Gasteiger partial charge in [0.2, 0.25) is 0 Å². The van der Waals surface area contributed by atoms with Crippen molar-refractivity contribution in [3.63, 3.8) is 0 Å². The summed E-state index contributed by atoms with van der Waals surface area (Å²) in [7, 11) is 2.04. The molecule has 11 heavy (non-hydrogen) atoms. The normalized spacial score (nSPS) is 12.5. The Morgan fingerprint density at radius 2 is 2.18 bits per heavy atom. The maximum Gasteiger partial charge on any atom is 0.0905 e. The summed E-state index contributed by atoms with van der Waals surface area (Å²) in [5.74, 6) is 0. The van der Waals surface area contributed by atoms with Gasteiger partial charge >= 0.3 is 0 Å².